The largest absolute Gasteiger partial charge is 0.352 e. The van der Waals surface area contributed by atoms with Crippen molar-refractivity contribution in [1.29, 1.82) is 0 Å². The fourth-order valence-corrected chi connectivity index (χ4v) is 10.4. The second-order valence-electron chi connectivity index (χ2n) is 8.98. The van der Waals surface area contributed by atoms with E-state index in [0.29, 0.717) is 17.5 Å². The van der Waals surface area contributed by atoms with Gasteiger partial charge < -0.3 is 0 Å². The van der Waals surface area contributed by atoms with Crippen LogP contribution >= 0.6 is 45.2 Å². The molecule has 0 saturated heterocycles. The maximum atomic E-state index is 13.5. The van der Waals surface area contributed by atoms with Crippen molar-refractivity contribution in [2.75, 3.05) is 8.86 Å². The van der Waals surface area contributed by atoms with Gasteiger partial charge >= 0.3 is 11.4 Å². The molecule has 2 aliphatic heterocycles. The van der Waals surface area contributed by atoms with Crippen LogP contribution in [-0.4, -0.2) is 22.8 Å². The van der Waals surface area contributed by atoms with Crippen LogP contribution in [0.3, 0.4) is 0 Å². The minimum atomic E-state index is -0.117. The smallest absolute Gasteiger partial charge is 0.245 e. The molecule has 1 aromatic heterocycles. The summed E-state index contributed by atoms with van der Waals surface area (Å²) < 4.78 is 7.55. The Bertz CT molecular complexity index is 1050. The van der Waals surface area contributed by atoms with Gasteiger partial charge in [0.1, 0.15) is 0 Å². The van der Waals surface area contributed by atoms with E-state index in [1.54, 1.807) is 0 Å². The van der Waals surface area contributed by atoms with Crippen LogP contribution in [-0.2, 0) is 0 Å². The van der Waals surface area contributed by atoms with E-state index in [1.807, 2.05) is 39.7 Å². The molecule has 6 atom stereocenters. The summed E-state index contributed by atoms with van der Waals surface area (Å²) in [6.45, 7) is 0. The maximum Gasteiger partial charge on any atom is 0.352 e. The molecule has 27 heavy (non-hydrogen) atoms. The first-order valence-electron chi connectivity index (χ1n) is 9.80. The summed E-state index contributed by atoms with van der Waals surface area (Å²) in [5, 5.41) is 0. The Kier molecular flexibility index (Phi) is 2.86. The summed E-state index contributed by atoms with van der Waals surface area (Å²) in [5.41, 5.74) is 1.03. The van der Waals surface area contributed by atoms with Crippen LogP contribution in [0.25, 0.3) is 5.69 Å². The van der Waals surface area contributed by atoms with E-state index < -0.39 is 0 Å². The van der Waals surface area contributed by atoms with Crippen molar-refractivity contribution in [1.82, 2.24) is 13.9 Å². The van der Waals surface area contributed by atoms with Gasteiger partial charge in [-0.1, -0.05) is 63.4 Å². The van der Waals surface area contributed by atoms with Gasteiger partial charge in [-0.2, -0.15) is 0 Å². The van der Waals surface area contributed by atoms with E-state index in [0.717, 1.165) is 20.7 Å². The summed E-state index contributed by atoms with van der Waals surface area (Å²) in [6.07, 6.45) is 2.40. The maximum absolute atomic E-state index is 13.5. The van der Waals surface area contributed by atoms with Crippen molar-refractivity contribution < 1.29 is 0 Å². The summed E-state index contributed by atoms with van der Waals surface area (Å²) in [5.74, 6) is 2.85. The number of para-hydroxylation sites is 1. The molecule has 140 valence electrons. The molecule has 7 heteroatoms. The number of nitrogens with zero attached hydrogens (tertiary/aromatic N) is 3. The van der Waals surface area contributed by atoms with Gasteiger partial charge in [0.05, 0.1) is 17.8 Å². The zero-order valence-electron chi connectivity index (χ0n) is 14.6. The Balaban J connectivity index is 1.52. The summed E-state index contributed by atoms with van der Waals surface area (Å²) in [7, 11) is 0. The number of benzene rings is 1. The Morgan fingerprint density at radius 3 is 1.81 bits per heavy atom. The molecule has 4 fully saturated rings. The standard InChI is InChI=1S/C20H19I2N3O2/c21-8-6-19-14-11-12-13(11)16(20(14,19)7-9-22)25-18(27)23(10-4-2-1-3-5-10)17(26)24(25)15(12)19/h1-5,11-16H,6-9H2/t11?,12-,13-,14?,15+,16+,19-,20-/m0/s1. The van der Waals surface area contributed by atoms with Crippen LogP contribution in [0.2, 0.25) is 0 Å². The van der Waals surface area contributed by atoms with E-state index in [2.05, 4.69) is 45.2 Å². The fraction of sp³-hybridized carbons (Fsp3) is 0.600. The predicted octanol–water partition coefficient (Wildman–Crippen LogP) is 3.04. The first-order chi connectivity index (χ1) is 13.2. The lowest BCUT2D eigenvalue weighted by molar-refractivity contribution is -0.00254. The first kappa shape index (κ1) is 16.2. The number of hydrogen-bond donors (Lipinski definition) is 0. The number of rotatable bonds is 5. The molecule has 0 radical (unpaired) electrons. The average Bonchev–Trinajstić information content (AvgIpc) is 3.40. The van der Waals surface area contributed by atoms with Crippen molar-refractivity contribution in [2.24, 2.45) is 34.5 Å². The second-order valence-corrected chi connectivity index (χ2v) is 11.1. The Morgan fingerprint density at radius 2 is 1.33 bits per heavy atom. The van der Waals surface area contributed by atoms with Gasteiger partial charge in [0.2, 0.25) is 0 Å². The van der Waals surface area contributed by atoms with Crippen LogP contribution in [0.5, 0.6) is 0 Å². The molecular formula is C20H19I2N3O2. The molecule has 1 aromatic carbocycles. The van der Waals surface area contributed by atoms with Crippen molar-refractivity contribution in [2.45, 2.75) is 24.9 Å². The summed E-state index contributed by atoms with van der Waals surface area (Å²) in [4.78, 5) is 26.9. The molecule has 2 bridgehead atoms. The van der Waals surface area contributed by atoms with Gasteiger partial charge in [0, 0.05) is 19.7 Å². The highest BCUT2D eigenvalue weighted by Gasteiger charge is 3.02. The zero-order valence-corrected chi connectivity index (χ0v) is 18.9. The number of hydrogen-bond acceptors (Lipinski definition) is 2. The van der Waals surface area contributed by atoms with Crippen LogP contribution in [0, 0.1) is 34.5 Å². The quantitative estimate of drug-likeness (QED) is 0.400. The SMILES string of the molecule is O=c1n(-c2ccccc2)c(=O)n2n1[C@@H]1[C@H]3C4C5[C@]1(CCI)[C@]5(CCI)[C@H]2[C@@H]43. The van der Waals surface area contributed by atoms with Gasteiger partial charge in [-0.05, 0) is 48.6 Å². The van der Waals surface area contributed by atoms with Gasteiger partial charge in [0.15, 0.2) is 0 Å². The molecule has 2 aromatic rings. The molecule has 5 nitrogen and oxygen atoms in total. The minimum absolute atomic E-state index is 0.117. The first-order valence-corrected chi connectivity index (χ1v) is 12.9. The van der Waals surface area contributed by atoms with E-state index in [4.69, 9.17) is 0 Å². The van der Waals surface area contributed by atoms with Crippen LogP contribution in [0.4, 0.5) is 0 Å². The third kappa shape index (κ3) is 1.38. The molecule has 3 heterocycles. The molecule has 0 spiro atoms. The van der Waals surface area contributed by atoms with Crippen LogP contribution < -0.4 is 11.4 Å². The van der Waals surface area contributed by atoms with E-state index in [9.17, 15) is 9.59 Å². The fourth-order valence-electron chi connectivity index (χ4n) is 8.57. The van der Waals surface area contributed by atoms with Gasteiger partial charge in [0.25, 0.3) is 0 Å². The molecule has 4 saturated carbocycles. The van der Waals surface area contributed by atoms with Crippen LogP contribution in [0.1, 0.15) is 24.9 Å². The zero-order chi connectivity index (χ0) is 18.3. The normalized spacial score (nSPS) is 45.9. The minimum Gasteiger partial charge on any atom is -0.245 e. The summed E-state index contributed by atoms with van der Waals surface area (Å²) in [6, 6.07) is 9.95. The monoisotopic (exact) mass is 587 g/mol. The topological polar surface area (TPSA) is 48.9 Å². The lowest BCUT2D eigenvalue weighted by Gasteiger charge is -2.48. The van der Waals surface area contributed by atoms with E-state index in [-0.39, 0.29) is 34.3 Å². The lowest BCUT2D eigenvalue weighted by Crippen LogP contribution is -2.53. The van der Waals surface area contributed by atoms with Crippen molar-refractivity contribution in [3.8, 4) is 5.69 Å². The highest BCUT2D eigenvalue weighted by Crippen LogP contribution is 3.03. The third-order valence-corrected chi connectivity index (χ3v) is 9.90. The number of halogens is 2. The van der Waals surface area contributed by atoms with Crippen molar-refractivity contribution in [3.05, 3.63) is 51.3 Å². The molecule has 4 aliphatic carbocycles. The average molecular weight is 587 g/mol. The molecule has 0 N–H and O–H groups in total. The third-order valence-electron chi connectivity index (χ3n) is 8.82. The molecule has 6 aliphatic rings. The van der Waals surface area contributed by atoms with Crippen LogP contribution in [0.15, 0.2) is 39.9 Å². The summed E-state index contributed by atoms with van der Waals surface area (Å²) >= 11 is 5.01. The van der Waals surface area contributed by atoms with Crippen molar-refractivity contribution in [3.63, 3.8) is 0 Å². The van der Waals surface area contributed by atoms with Gasteiger partial charge in [-0.3, -0.25) is 0 Å². The predicted molar refractivity (Wildman–Crippen MR) is 118 cm³/mol. The number of aromatic nitrogens is 3. The highest BCUT2D eigenvalue weighted by atomic mass is 127. The highest BCUT2D eigenvalue weighted by molar-refractivity contribution is 14.1. The van der Waals surface area contributed by atoms with Gasteiger partial charge in [-0.15, -0.1) is 0 Å². The molecular weight excluding hydrogens is 568 g/mol. The van der Waals surface area contributed by atoms with E-state index in [1.165, 1.54) is 17.4 Å². The van der Waals surface area contributed by atoms with E-state index >= 15 is 0 Å². The second kappa shape index (κ2) is 4.76. The Hall–Kier alpha value is -0.580. The lowest BCUT2D eigenvalue weighted by atomic mass is 9.69. The molecule has 0 unspecified atom stereocenters. The van der Waals surface area contributed by atoms with Crippen molar-refractivity contribution >= 4 is 45.2 Å². The van der Waals surface area contributed by atoms with Gasteiger partial charge in [-0.25, -0.2) is 23.5 Å². The Labute approximate surface area is 183 Å². The molecule has 0 amide bonds. The molecule has 8 rings (SSSR count). The Morgan fingerprint density at radius 1 is 0.815 bits per heavy atom. The number of alkyl halides is 2.